The maximum Gasteiger partial charge on any atom is 0.226 e. The maximum atomic E-state index is 5.93. The monoisotopic (exact) mass is 344 g/mol. The average Bonchev–Trinajstić information content (AvgIpc) is 3.29. The van der Waals surface area contributed by atoms with E-state index >= 15 is 0 Å². The normalized spacial score (nSPS) is 18.6. The first-order chi connectivity index (χ1) is 11.3. The fraction of sp³-hybridized carbons (Fsp3) is 0.278. The minimum Gasteiger partial charge on any atom is -0.444 e. The van der Waals surface area contributed by atoms with Crippen molar-refractivity contribution in [2.24, 2.45) is 0 Å². The summed E-state index contributed by atoms with van der Waals surface area (Å²) in [5, 5.41) is 5.13. The smallest absolute Gasteiger partial charge is 0.226 e. The molecule has 3 nitrogen and oxygen atoms in total. The predicted molar refractivity (Wildman–Crippen MR) is 93.7 cm³/mol. The van der Waals surface area contributed by atoms with E-state index in [1.165, 1.54) is 18.4 Å². The number of hydrogen-bond acceptors (Lipinski definition) is 4. The van der Waals surface area contributed by atoms with Gasteiger partial charge in [0.15, 0.2) is 0 Å². The maximum absolute atomic E-state index is 5.93. The van der Waals surface area contributed by atoms with Crippen LogP contribution in [-0.2, 0) is 6.54 Å². The highest BCUT2D eigenvalue weighted by Crippen LogP contribution is 2.34. The highest BCUT2D eigenvalue weighted by molar-refractivity contribution is 7.07. The average molecular weight is 345 g/mol. The van der Waals surface area contributed by atoms with Crippen LogP contribution in [0.2, 0.25) is 5.02 Å². The molecule has 118 valence electrons. The van der Waals surface area contributed by atoms with E-state index in [9.17, 15) is 0 Å². The topological polar surface area (TPSA) is 29.3 Å². The molecule has 1 saturated heterocycles. The SMILES string of the molecule is Clc1ccc(-c2nc(CN3CCCC3c3ccsc3)co2)cc1. The van der Waals surface area contributed by atoms with Crippen molar-refractivity contribution >= 4 is 22.9 Å². The van der Waals surface area contributed by atoms with Gasteiger partial charge in [0.25, 0.3) is 0 Å². The molecule has 0 bridgehead atoms. The molecule has 4 rings (SSSR count). The molecule has 2 aromatic heterocycles. The van der Waals surface area contributed by atoms with Crippen LogP contribution in [-0.4, -0.2) is 16.4 Å². The van der Waals surface area contributed by atoms with Crippen LogP contribution in [0, 0.1) is 0 Å². The van der Waals surface area contributed by atoms with Crippen molar-refractivity contribution in [2.45, 2.75) is 25.4 Å². The summed E-state index contributed by atoms with van der Waals surface area (Å²) in [6.45, 7) is 1.95. The third kappa shape index (κ3) is 3.20. The summed E-state index contributed by atoms with van der Waals surface area (Å²) in [6, 6.07) is 10.3. The predicted octanol–water partition coefficient (Wildman–Crippen LogP) is 5.39. The van der Waals surface area contributed by atoms with E-state index in [1.807, 2.05) is 24.3 Å². The molecular formula is C18H17ClN2OS. The Bertz CT molecular complexity index is 767. The summed E-state index contributed by atoms with van der Waals surface area (Å²) in [5.41, 5.74) is 3.36. The van der Waals surface area contributed by atoms with E-state index in [1.54, 1.807) is 17.6 Å². The highest BCUT2D eigenvalue weighted by atomic mass is 35.5. The van der Waals surface area contributed by atoms with Crippen molar-refractivity contribution in [2.75, 3.05) is 6.54 Å². The molecule has 0 N–H and O–H groups in total. The Morgan fingerprint density at radius 1 is 1.26 bits per heavy atom. The van der Waals surface area contributed by atoms with Gasteiger partial charge in [-0.25, -0.2) is 4.98 Å². The van der Waals surface area contributed by atoms with Crippen molar-refractivity contribution in [1.29, 1.82) is 0 Å². The van der Waals surface area contributed by atoms with E-state index in [2.05, 4.69) is 26.7 Å². The number of oxazole rings is 1. The zero-order valence-corrected chi connectivity index (χ0v) is 14.2. The third-order valence-electron chi connectivity index (χ3n) is 4.30. The van der Waals surface area contributed by atoms with Crippen molar-refractivity contribution in [3.8, 4) is 11.5 Å². The van der Waals surface area contributed by atoms with E-state index in [4.69, 9.17) is 16.0 Å². The molecule has 3 aromatic rings. The van der Waals surface area contributed by atoms with Gasteiger partial charge in [0, 0.05) is 23.2 Å². The minimum absolute atomic E-state index is 0.511. The second-order valence-corrected chi connectivity index (χ2v) is 7.05. The van der Waals surface area contributed by atoms with Gasteiger partial charge < -0.3 is 4.42 Å². The van der Waals surface area contributed by atoms with Crippen molar-refractivity contribution in [3.63, 3.8) is 0 Å². The van der Waals surface area contributed by atoms with Gasteiger partial charge in [0.2, 0.25) is 5.89 Å². The fourth-order valence-electron chi connectivity index (χ4n) is 3.17. The van der Waals surface area contributed by atoms with Crippen molar-refractivity contribution in [1.82, 2.24) is 9.88 Å². The molecule has 5 heteroatoms. The molecule has 0 aliphatic carbocycles. The summed E-state index contributed by atoms with van der Waals surface area (Å²) in [4.78, 5) is 7.13. The number of benzene rings is 1. The van der Waals surface area contributed by atoms with Crippen LogP contribution in [0.5, 0.6) is 0 Å². The largest absolute Gasteiger partial charge is 0.444 e. The third-order valence-corrected chi connectivity index (χ3v) is 5.25. The number of aromatic nitrogens is 1. The Morgan fingerprint density at radius 2 is 2.13 bits per heavy atom. The zero-order valence-electron chi connectivity index (χ0n) is 12.6. The summed E-state index contributed by atoms with van der Waals surface area (Å²) in [6.07, 6.45) is 4.23. The molecule has 1 atom stereocenters. The van der Waals surface area contributed by atoms with E-state index in [0.29, 0.717) is 11.9 Å². The van der Waals surface area contributed by atoms with E-state index in [0.717, 1.165) is 29.4 Å². The first-order valence-corrected chi connectivity index (χ1v) is 9.08. The van der Waals surface area contributed by atoms with Crippen LogP contribution in [0.4, 0.5) is 0 Å². The number of likely N-dealkylation sites (tertiary alicyclic amines) is 1. The van der Waals surface area contributed by atoms with Gasteiger partial charge in [-0.1, -0.05) is 11.6 Å². The van der Waals surface area contributed by atoms with Crippen LogP contribution in [0.15, 0.2) is 51.8 Å². The molecule has 1 aliphatic heterocycles. The molecule has 1 aromatic carbocycles. The van der Waals surface area contributed by atoms with Gasteiger partial charge in [0.05, 0.1) is 5.69 Å². The lowest BCUT2D eigenvalue weighted by Crippen LogP contribution is -2.22. The van der Waals surface area contributed by atoms with Crippen molar-refractivity contribution < 1.29 is 4.42 Å². The molecule has 3 heterocycles. The van der Waals surface area contributed by atoms with E-state index in [-0.39, 0.29) is 0 Å². The molecule has 1 unspecified atom stereocenters. The first-order valence-electron chi connectivity index (χ1n) is 7.76. The Balaban J connectivity index is 1.50. The number of hydrogen-bond donors (Lipinski definition) is 0. The summed E-state index contributed by atoms with van der Waals surface area (Å²) in [5.74, 6) is 0.656. The summed E-state index contributed by atoms with van der Waals surface area (Å²) in [7, 11) is 0. The lowest BCUT2D eigenvalue weighted by Gasteiger charge is -2.22. The van der Waals surface area contributed by atoms with Gasteiger partial charge in [-0.15, -0.1) is 0 Å². The number of thiophene rings is 1. The Hall–Kier alpha value is -1.62. The van der Waals surface area contributed by atoms with Crippen LogP contribution in [0.25, 0.3) is 11.5 Å². The molecular weight excluding hydrogens is 328 g/mol. The lowest BCUT2D eigenvalue weighted by atomic mass is 10.1. The lowest BCUT2D eigenvalue weighted by molar-refractivity contribution is 0.246. The van der Waals surface area contributed by atoms with Crippen LogP contribution >= 0.6 is 22.9 Å². The molecule has 0 saturated carbocycles. The highest BCUT2D eigenvalue weighted by Gasteiger charge is 2.27. The zero-order chi connectivity index (χ0) is 15.6. The Kier molecular flexibility index (Phi) is 4.21. The van der Waals surface area contributed by atoms with E-state index < -0.39 is 0 Å². The van der Waals surface area contributed by atoms with Crippen LogP contribution in [0.1, 0.15) is 30.1 Å². The molecule has 1 aliphatic rings. The first kappa shape index (κ1) is 14.9. The van der Waals surface area contributed by atoms with Gasteiger partial charge in [-0.2, -0.15) is 11.3 Å². The van der Waals surface area contributed by atoms with Gasteiger partial charge >= 0.3 is 0 Å². The quantitative estimate of drug-likeness (QED) is 0.635. The number of rotatable bonds is 4. The number of nitrogens with zero attached hydrogens (tertiary/aromatic N) is 2. The summed E-state index contributed by atoms with van der Waals surface area (Å²) >= 11 is 7.69. The molecule has 0 radical (unpaired) electrons. The molecule has 0 amide bonds. The van der Waals surface area contributed by atoms with Gasteiger partial charge in [-0.3, -0.25) is 4.90 Å². The summed E-state index contributed by atoms with van der Waals surface area (Å²) < 4.78 is 5.65. The Morgan fingerprint density at radius 3 is 2.91 bits per heavy atom. The second kappa shape index (κ2) is 6.48. The van der Waals surface area contributed by atoms with Crippen molar-refractivity contribution in [3.05, 3.63) is 63.6 Å². The van der Waals surface area contributed by atoms with Crippen LogP contribution in [0.3, 0.4) is 0 Å². The number of halogens is 1. The fourth-order valence-corrected chi connectivity index (χ4v) is 4.00. The molecule has 1 fully saturated rings. The minimum atomic E-state index is 0.511. The van der Waals surface area contributed by atoms with Gasteiger partial charge in [0.1, 0.15) is 6.26 Å². The molecule has 0 spiro atoms. The van der Waals surface area contributed by atoms with Gasteiger partial charge in [-0.05, 0) is 66.0 Å². The Labute approximate surface area is 144 Å². The molecule has 23 heavy (non-hydrogen) atoms. The van der Waals surface area contributed by atoms with Crippen LogP contribution < -0.4 is 0 Å². The second-order valence-electron chi connectivity index (χ2n) is 5.84. The standard InChI is InChI=1S/C18H17ClN2OS/c19-15-5-3-13(4-6-15)18-20-16(11-22-18)10-21-8-1-2-17(21)14-7-9-23-12-14/h3-7,9,11-12,17H,1-2,8,10H2.